The first-order valence-electron chi connectivity index (χ1n) is 8.61. The Hall–Kier alpha value is -2.07. The number of ether oxygens (including phenoxy) is 1. The maximum atomic E-state index is 13.2. The van der Waals surface area contributed by atoms with Crippen LogP contribution < -0.4 is 10.1 Å². The van der Waals surface area contributed by atoms with E-state index in [0.717, 1.165) is 50.5 Å². The molecule has 1 aliphatic heterocycles. The van der Waals surface area contributed by atoms with Crippen molar-refractivity contribution in [1.82, 2.24) is 4.90 Å². The number of anilines is 1. The molecule has 3 nitrogen and oxygen atoms in total. The molecule has 1 heterocycles. The van der Waals surface area contributed by atoms with Gasteiger partial charge in [0.2, 0.25) is 0 Å². The van der Waals surface area contributed by atoms with Crippen molar-refractivity contribution >= 4 is 5.69 Å². The van der Waals surface area contributed by atoms with E-state index in [1.165, 1.54) is 17.7 Å². The fourth-order valence-electron chi connectivity index (χ4n) is 3.43. The van der Waals surface area contributed by atoms with Gasteiger partial charge in [0.25, 0.3) is 0 Å². The molecule has 2 aromatic carbocycles. The lowest BCUT2D eigenvalue weighted by molar-refractivity contribution is 0.218. The largest absolute Gasteiger partial charge is 0.496 e. The topological polar surface area (TPSA) is 24.5 Å². The van der Waals surface area contributed by atoms with Crippen LogP contribution in [0, 0.1) is 5.82 Å². The molecule has 3 rings (SSSR count). The van der Waals surface area contributed by atoms with Gasteiger partial charge >= 0.3 is 0 Å². The van der Waals surface area contributed by atoms with Crippen molar-refractivity contribution < 1.29 is 9.13 Å². The lowest BCUT2D eigenvalue weighted by Gasteiger charge is -2.32. The van der Waals surface area contributed by atoms with Gasteiger partial charge in [0, 0.05) is 18.8 Å². The van der Waals surface area contributed by atoms with Gasteiger partial charge in [0.05, 0.1) is 7.11 Å². The number of hydrogen-bond acceptors (Lipinski definition) is 3. The predicted octanol–water partition coefficient (Wildman–Crippen LogP) is 4.13. The quantitative estimate of drug-likeness (QED) is 0.863. The van der Waals surface area contributed by atoms with Gasteiger partial charge < -0.3 is 15.0 Å². The molecular formula is C20H25FN2O. The first-order valence-corrected chi connectivity index (χ1v) is 8.61. The predicted molar refractivity (Wildman–Crippen MR) is 96.3 cm³/mol. The fourth-order valence-corrected chi connectivity index (χ4v) is 3.43. The molecule has 128 valence electrons. The van der Waals surface area contributed by atoms with Gasteiger partial charge in [-0.15, -0.1) is 0 Å². The second-order valence-electron chi connectivity index (χ2n) is 6.29. The van der Waals surface area contributed by atoms with E-state index in [1.54, 1.807) is 13.2 Å². The van der Waals surface area contributed by atoms with Crippen LogP contribution in [0.1, 0.15) is 24.3 Å². The average molecular weight is 328 g/mol. The maximum absolute atomic E-state index is 13.2. The highest BCUT2D eigenvalue weighted by Crippen LogP contribution is 2.33. The summed E-state index contributed by atoms with van der Waals surface area (Å²) < 4.78 is 18.6. The Bertz CT molecular complexity index is 654. The van der Waals surface area contributed by atoms with Crippen LogP contribution in [-0.2, 0) is 0 Å². The van der Waals surface area contributed by atoms with Crippen molar-refractivity contribution in [2.75, 3.05) is 38.6 Å². The summed E-state index contributed by atoms with van der Waals surface area (Å²) in [5, 5.41) is 3.29. The highest BCUT2D eigenvalue weighted by atomic mass is 19.1. The third-order valence-electron chi connectivity index (χ3n) is 4.75. The lowest BCUT2D eigenvalue weighted by Crippen LogP contribution is -2.36. The summed E-state index contributed by atoms with van der Waals surface area (Å²) in [6.45, 7) is 4.00. The smallest absolute Gasteiger partial charge is 0.125 e. The summed E-state index contributed by atoms with van der Waals surface area (Å²) in [6.07, 6.45) is 2.31. The van der Waals surface area contributed by atoms with Crippen molar-refractivity contribution in [2.24, 2.45) is 0 Å². The Morgan fingerprint density at radius 3 is 2.67 bits per heavy atom. The second-order valence-corrected chi connectivity index (χ2v) is 6.29. The minimum Gasteiger partial charge on any atom is -0.496 e. The van der Waals surface area contributed by atoms with Crippen molar-refractivity contribution in [3.63, 3.8) is 0 Å². The van der Waals surface area contributed by atoms with Crippen LogP contribution in [-0.4, -0.2) is 38.2 Å². The number of para-hydroxylation sites is 1. The summed E-state index contributed by atoms with van der Waals surface area (Å²) in [5.41, 5.74) is 2.18. The van der Waals surface area contributed by atoms with E-state index >= 15 is 0 Å². The number of nitrogens with zero attached hydrogens (tertiary/aromatic N) is 1. The molecule has 0 aromatic heterocycles. The van der Waals surface area contributed by atoms with Crippen molar-refractivity contribution in [2.45, 2.75) is 18.8 Å². The van der Waals surface area contributed by atoms with Crippen molar-refractivity contribution in [3.05, 3.63) is 59.9 Å². The van der Waals surface area contributed by atoms with Gasteiger partial charge in [-0.25, -0.2) is 4.39 Å². The van der Waals surface area contributed by atoms with E-state index in [2.05, 4.69) is 22.3 Å². The van der Waals surface area contributed by atoms with Crippen molar-refractivity contribution in [3.8, 4) is 5.75 Å². The number of likely N-dealkylation sites (tertiary alicyclic amines) is 1. The lowest BCUT2D eigenvalue weighted by atomic mass is 9.89. The van der Waals surface area contributed by atoms with Gasteiger partial charge in [-0.1, -0.05) is 24.3 Å². The maximum Gasteiger partial charge on any atom is 0.125 e. The Labute approximate surface area is 143 Å². The zero-order valence-corrected chi connectivity index (χ0v) is 14.2. The number of halogens is 1. The van der Waals surface area contributed by atoms with E-state index in [9.17, 15) is 4.39 Å². The molecule has 1 N–H and O–H groups in total. The zero-order valence-electron chi connectivity index (χ0n) is 14.2. The van der Waals surface area contributed by atoms with E-state index in [0.29, 0.717) is 5.92 Å². The van der Waals surface area contributed by atoms with Crippen LogP contribution in [0.5, 0.6) is 5.75 Å². The number of hydrogen-bond donors (Lipinski definition) is 1. The minimum atomic E-state index is -0.197. The van der Waals surface area contributed by atoms with Gasteiger partial charge in [0.1, 0.15) is 11.6 Å². The molecule has 4 heteroatoms. The van der Waals surface area contributed by atoms with Crippen LogP contribution in [0.25, 0.3) is 0 Å². The Kier molecular flexibility index (Phi) is 5.70. The van der Waals surface area contributed by atoms with Crippen LogP contribution in [0.4, 0.5) is 10.1 Å². The van der Waals surface area contributed by atoms with E-state index in [-0.39, 0.29) is 5.82 Å². The monoisotopic (exact) mass is 328 g/mol. The van der Waals surface area contributed by atoms with Gasteiger partial charge in [0.15, 0.2) is 0 Å². The highest BCUT2D eigenvalue weighted by Gasteiger charge is 2.22. The third-order valence-corrected chi connectivity index (χ3v) is 4.75. The number of rotatable bonds is 6. The van der Waals surface area contributed by atoms with Crippen LogP contribution in [0.15, 0.2) is 48.5 Å². The molecule has 0 amide bonds. The molecule has 0 radical (unpaired) electrons. The van der Waals surface area contributed by atoms with Crippen molar-refractivity contribution in [1.29, 1.82) is 0 Å². The molecular weight excluding hydrogens is 303 g/mol. The number of piperidine rings is 1. The van der Waals surface area contributed by atoms with Crippen LogP contribution in [0.3, 0.4) is 0 Å². The molecule has 0 unspecified atom stereocenters. The minimum absolute atomic E-state index is 0.197. The van der Waals surface area contributed by atoms with Gasteiger partial charge in [-0.3, -0.25) is 0 Å². The molecule has 0 aliphatic carbocycles. The average Bonchev–Trinajstić information content (AvgIpc) is 2.62. The second kappa shape index (κ2) is 8.15. The van der Waals surface area contributed by atoms with Gasteiger partial charge in [-0.2, -0.15) is 0 Å². The Balaban J connectivity index is 1.45. The summed E-state index contributed by atoms with van der Waals surface area (Å²) in [5.74, 6) is 1.38. The standard InChI is InChI=1S/C20H25FN2O/c1-24-20-8-3-2-7-19(20)16-9-12-23(13-10-16)14-11-22-18-6-4-5-17(21)15-18/h2-8,15-16,22H,9-14H2,1H3. The molecule has 1 saturated heterocycles. The number of nitrogens with one attached hydrogen (secondary N) is 1. The molecule has 24 heavy (non-hydrogen) atoms. The summed E-state index contributed by atoms with van der Waals surface area (Å²) in [6, 6.07) is 15.0. The summed E-state index contributed by atoms with van der Waals surface area (Å²) in [7, 11) is 1.74. The fraction of sp³-hybridized carbons (Fsp3) is 0.400. The molecule has 0 atom stereocenters. The molecule has 1 fully saturated rings. The number of benzene rings is 2. The van der Waals surface area contributed by atoms with E-state index in [4.69, 9.17) is 4.74 Å². The first kappa shape index (κ1) is 16.8. The molecule has 2 aromatic rings. The number of methoxy groups -OCH3 is 1. The first-order chi connectivity index (χ1) is 11.8. The van der Waals surface area contributed by atoms with E-state index < -0.39 is 0 Å². The third kappa shape index (κ3) is 4.26. The molecule has 0 bridgehead atoms. The summed E-state index contributed by atoms with van der Waals surface area (Å²) in [4.78, 5) is 2.47. The molecule has 1 aliphatic rings. The van der Waals surface area contributed by atoms with Crippen LogP contribution >= 0.6 is 0 Å². The van der Waals surface area contributed by atoms with E-state index in [1.807, 2.05) is 18.2 Å². The van der Waals surface area contributed by atoms with Gasteiger partial charge in [-0.05, 0) is 61.7 Å². The molecule has 0 spiro atoms. The Morgan fingerprint density at radius 2 is 1.92 bits per heavy atom. The highest BCUT2D eigenvalue weighted by molar-refractivity contribution is 5.43. The zero-order chi connectivity index (χ0) is 16.8. The summed E-state index contributed by atoms with van der Waals surface area (Å²) >= 11 is 0. The normalized spacial score (nSPS) is 16.1. The molecule has 0 saturated carbocycles. The Morgan fingerprint density at radius 1 is 1.12 bits per heavy atom. The SMILES string of the molecule is COc1ccccc1C1CCN(CCNc2cccc(F)c2)CC1. The van der Waals surface area contributed by atoms with Crippen LogP contribution in [0.2, 0.25) is 0 Å².